The third-order valence-electron chi connectivity index (χ3n) is 2.44. The molecule has 1 aromatic rings. The third kappa shape index (κ3) is 4.87. The number of anilines is 2. The van der Waals surface area contributed by atoms with Crippen LogP contribution in [0, 0.1) is 5.92 Å². The van der Waals surface area contributed by atoms with E-state index in [0.29, 0.717) is 29.4 Å². The number of nitrogens with two attached hydrogens (primary N) is 2. The van der Waals surface area contributed by atoms with Gasteiger partial charge in [-0.25, -0.2) is 0 Å². The van der Waals surface area contributed by atoms with Crippen LogP contribution in [0.15, 0.2) is 18.2 Å². The van der Waals surface area contributed by atoms with Gasteiger partial charge >= 0.3 is 0 Å². The lowest BCUT2D eigenvalue weighted by Crippen LogP contribution is -2.38. The SMILES string of the molecule is CC(C)CNC(=O)CNC(=O)c1ccc(N)cc1N. The quantitative estimate of drug-likeness (QED) is 0.575. The van der Waals surface area contributed by atoms with Gasteiger partial charge < -0.3 is 22.1 Å². The van der Waals surface area contributed by atoms with E-state index in [1.807, 2.05) is 13.8 Å². The molecule has 0 aromatic heterocycles. The predicted octanol–water partition coefficient (Wildman–Crippen LogP) is 0.353. The standard InChI is InChI=1S/C13H20N4O2/c1-8(2)6-16-12(18)7-17-13(19)10-4-3-9(14)5-11(10)15/h3-5,8H,6-7,14-15H2,1-2H3,(H,16,18)(H,17,19). The van der Waals surface area contributed by atoms with Crippen LogP contribution in [0.4, 0.5) is 11.4 Å². The predicted molar refractivity (Wildman–Crippen MR) is 75.4 cm³/mol. The molecular formula is C13H20N4O2. The van der Waals surface area contributed by atoms with Crippen LogP contribution < -0.4 is 22.1 Å². The van der Waals surface area contributed by atoms with E-state index < -0.39 is 5.91 Å². The van der Waals surface area contributed by atoms with Crippen LogP contribution in [0.2, 0.25) is 0 Å². The lowest BCUT2D eigenvalue weighted by molar-refractivity contribution is -0.120. The second kappa shape index (κ2) is 6.63. The summed E-state index contributed by atoms with van der Waals surface area (Å²) in [4.78, 5) is 23.3. The number of benzene rings is 1. The first-order chi connectivity index (χ1) is 8.90. The minimum Gasteiger partial charge on any atom is -0.399 e. The normalized spacial score (nSPS) is 10.3. The molecule has 0 saturated carbocycles. The number of hydrogen-bond donors (Lipinski definition) is 4. The third-order valence-corrected chi connectivity index (χ3v) is 2.44. The van der Waals surface area contributed by atoms with Gasteiger partial charge in [0.05, 0.1) is 12.1 Å². The van der Waals surface area contributed by atoms with Crippen LogP contribution in [-0.2, 0) is 4.79 Å². The van der Waals surface area contributed by atoms with Gasteiger partial charge in [0, 0.05) is 17.9 Å². The summed E-state index contributed by atoms with van der Waals surface area (Å²) >= 11 is 0. The number of hydrogen-bond acceptors (Lipinski definition) is 4. The first-order valence-corrected chi connectivity index (χ1v) is 6.10. The highest BCUT2D eigenvalue weighted by atomic mass is 16.2. The van der Waals surface area contributed by atoms with Crippen molar-refractivity contribution in [3.05, 3.63) is 23.8 Å². The van der Waals surface area contributed by atoms with E-state index in [9.17, 15) is 9.59 Å². The number of carbonyl (C=O) groups excluding carboxylic acids is 2. The molecule has 0 aliphatic heterocycles. The fraction of sp³-hybridized carbons (Fsp3) is 0.385. The summed E-state index contributed by atoms with van der Waals surface area (Å²) in [7, 11) is 0. The van der Waals surface area contributed by atoms with Gasteiger partial charge in [-0.3, -0.25) is 9.59 Å². The summed E-state index contributed by atoms with van der Waals surface area (Å²) in [6.07, 6.45) is 0. The fourth-order valence-electron chi connectivity index (χ4n) is 1.42. The average Bonchev–Trinajstić information content (AvgIpc) is 2.33. The first kappa shape index (κ1) is 14.8. The Labute approximate surface area is 112 Å². The molecule has 0 aliphatic carbocycles. The Kier molecular flexibility index (Phi) is 5.17. The summed E-state index contributed by atoms with van der Waals surface area (Å²) in [5, 5.41) is 5.22. The van der Waals surface area contributed by atoms with E-state index in [2.05, 4.69) is 10.6 Å². The van der Waals surface area contributed by atoms with Crippen molar-refractivity contribution in [1.82, 2.24) is 10.6 Å². The fourth-order valence-corrected chi connectivity index (χ4v) is 1.42. The smallest absolute Gasteiger partial charge is 0.253 e. The van der Waals surface area contributed by atoms with Crippen molar-refractivity contribution in [2.45, 2.75) is 13.8 Å². The maximum Gasteiger partial charge on any atom is 0.253 e. The van der Waals surface area contributed by atoms with Crippen LogP contribution in [0.3, 0.4) is 0 Å². The molecule has 6 N–H and O–H groups in total. The van der Waals surface area contributed by atoms with Gasteiger partial charge in [-0.1, -0.05) is 13.8 Å². The molecule has 0 bridgehead atoms. The molecular weight excluding hydrogens is 244 g/mol. The zero-order valence-corrected chi connectivity index (χ0v) is 11.2. The van der Waals surface area contributed by atoms with Gasteiger partial charge in [0.25, 0.3) is 5.91 Å². The van der Waals surface area contributed by atoms with Crippen molar-refractivity contribution >= 4 is 23.2 Å². The topological polar surface area (TPSA) is 110 Å². The molecule has 6 heteroatoms. The highest BCUT2D eigenvalue weighted by Gasteiger charge is 2.11. The van der Waals surface area contributed by atoms with Crippen molar-refractivity contribution in [3.8, 4) is 0 Å². The van der Waals surface area contributed by atoms with Gasteiger partial charge in [0.1, 0.15) is 0 Å². The summed E-state index contributed by atoms with van der Waals surface area (Å²) in [5.41, 5.74) is 12.3. The summed E-state index contributed by atoms with van der Waals surface area (Å²) in [6, 6.07) is 4.63. The molecule has 0 atom stereocenters. The Hall–Kier alpha value is -2.24. The Bertz CT molecular complexity index is 472. The molecule has 0 fully saturated rings. The van der Waals surface area contributed by atoms with Gasteiger partial charge in [-0.05, 0) is 24.1 Å². The molecule has 1 aromatic carbocycles. The Morgan fingerprint density at radius 3 is 2.47 bits per heavy atom. The Morgan fingerprint density at radius 2 is 1.89 bits per heavy atom. The zero-order chi connectivity index (χ0) is 14.4. The molecule has 6 nitrogen and oxygen atoms in total. The highest BCUT2D eigenvalue weighted by molar-refractivity contribution is 6.01. The number of nitrogens with one attached hydrogen (secondary N) is 2. The molecule has 104 valence electrons. The number of amides is 2. The van der Waals surface area contributed by atoms with E-state index in [4.69, 9.17) is 11.5 Å². The maximum atomic E-state index is 11.8. The van der Waals surface area contributed by atoms with Crippen LogP contribution in [0.5, 0.6) is 0 Å². The molecule has 0 spiro atoms. The zero-order valence-electron chi connectivity index (χ0n) is 11.2. The second-order valence-corrected chi connectivity index (χ2v) is 4.73. The van der Waals surface area contributed by atoms with Crippen molar-refractivity contribution in [3.63, 3.8) is 0 Å². The van der Waals surface area contributed by atoms with Gasteiger partial charge in [0.15, 0.2) is 0 Å². The molecule has 0 unspecified atom stereocenters. The average molecular weight is 264 g/mol. The number of nitrogen functional groups attached to an aromatic ring is 2. The van der Waals surface area contributed by atoms with Gasteiger partial charge in [0.2, 0.25) is 5.91 Å². The maximum absolute atomic E-state index is 11.8. The minimum absolute atomic E-state index is 0.0740. The Morgan fingerprint density at radius 1 is 1.21 bits per heavy atom. The lowest BCUT2D eigenvalue weighted by Gasteiger charge is -2.10. The van der Waals surface area contributed by atoms with Crippen LogP contribution >= 0.6 is 0 Å². The molecule has 0 radical (unpaired) electrons. The molecule has 0 aliphatic rings. The van der Waals surface area contributed by atoms with Crippen molar-refractivity contribution < 1.29 is 9.59 Å². The lowest BCUT2D eigenvalue weighted by atomic mass is 10.1. The number of rotatable bonds is 5. The Balaban J connectivity index is 2.49. The first-order valence-electron chi connectivity index (χ1n) is 6.10. The van der Waals surface area contributed by atoms with Crippen LogP contribution in [-0.4, -0.2) is 24.9 Å². The van der Waals surface area contributed by atoms with E-state index in [0.717, 1.165) is 0 Å². The minimum atomic E-state index is -0.391. The number of carbonyl (C=O) groups is 2. The van der Waals surface area contributed by atoms with Crippen molar-refractivity contribution in [1.29, 1.82) is 0 Å². The summed E-state index contributed by atoms with van der Waals surface area (Å²) < 4.78 is 0. The monoisotopic (exact) mass is 264 g/mol. The molecule has 1 rings (SSSR count). The largest absolute Gasteiger partial charge is 0.399 e. The van der Waals surface area contributed by atoms with E-state index in [1.165, 1.54) is 12.1 Å². The van der Waals surface area contributed by atoms with Crippen LogP contribution in [0.1, 0.15) is 24.2 Å². The molecule has 2 amide bonds. The molecule has 0 saturated heterocycles. The van der Waals surface area contributed by atoms with Crippen molar-refractivity contribution in [2.75, 3.05) is 24.6 Å². The molecule has 0 heterocycles. The van der Waals surface area contributed by atoms with E-state index >= 15 is 0 Å². The second-order valence-electron chi connectivity index (χ2n) is 4.73. The van der Waals surface area contributed by atoms with Gasteiger partial charge in [-0.15, -0.1) is 0 Å². The van der Waals surface area contributed by atoms with Crippen molar-refractivity contribution in [2.24, 2.45) is 5.92 Å². The summed E-state index contributed by atoms with van der Waals surface area (Å²) in [6.45, 7) is 4.50. The highest BCUT2D eigenvalue weighted by Crippen LogP contribution is 2.15. The van der Waals surface area contributed by atoms with E-state index in [1.54, 1.807) is 6.07 Å². The molecule has 19 heavy (non-hydrogen) atoms. The van der Waals surface area contributed by atoms with E-state index in [-0.39, 0.29) is 12.5 Å². The van der Waals surface area contributed by atoms with Gasteiger partial charge in [-0.2, -0.15) is 0 Å². The van der Waals surface area contributed by atoms with Crippen LogP contribution in [0.25, 0.3) is 0 Å². The summed E-state index contributed by atoms with van der Waals surface area (Å²) in [5.74, 6) is -0.249.